The van der Waals surface area contributed by atoms with E-state index in [2.05, 4.69) is 12.2 Å². The molecule has 1 unspecified atom stereocenters. The highest BCUT2D eigenvalue weighted by molar-refractivity contribution is 7.99. The Labute approximate surface area is 114 Å². The molecule has 4 heteroatoms. The van der Waals surface area contributed by atoms with Crippen molar-refractivity contribution < 1.29 is 9.90 Å². The van der Waals surface area contributed by atoms with E-state index in [4.69, 9.17) is 0 Å². The molecule has 2 fully saturated rings. The van der Waals surface area contributed by atoms with Gasteiger partial charge in [0, 0.05) is 11.8 Å². The van der Waals surface area contributed by atoms with Gasteiger partial charge in [0.2, 0.25) is 0 Å². The SMILES string of the molecule is CCCCCSCC(NC1CC1)(C(=O)O)C1CC1. The van der Waals surface area contributed by atoms with E-state index in [0.717, 1.165) is 37.2 Å². The van der Waals surface area contributed by atoms with Gasteiger partial charge >= 0.3 is 5.97 Å². The zero-order chi connectivity index (χ0) is 13.0. The molecule has 2 rings (SSSR count). The number of rotatable bonds is 10. The summed E-state index contributed by atoms with van der Waals surface area (Å²) >= 11 is 1.82. The van der Waals surface area contributed by atoms with E-state index >= 15 is 0 Å². The van der Waals surface area contributed by atoms with E-state index in [0.29, 0.717) is 12.0 Å². The van der Waals surface area contributed by atoms with Crippen LogP contribution in [0.25, 0.3) is 0 Å². The molecular formula is C14H25NO2S. The third-order valence-corrected chi connectivity index (χ3v) is 5.15. The van der Waals surface area contributed by atoms with Crippen molar-refractivity contribution in [1.82, 2.24) is 5.32 Å². The van der Waals surface area contributed by atoms with E-state index in [9.17, 15) is 9.90 Å². The Kier molecular flexibility index (Phi) is 4.96. The highest BCUT2D eigenvalue weighted by Crippen LogP contribution is 2.43. The lowest BCUT2D eigenvalue weighted by Crippen LogP contribution is -2.57. The molecule has 2 aliphatic rings. The quantitative estimate of drug-likeness (QED) is 0.600. The van der Waals surface area contributed by atoms with E-state index in [1.807, 2.05) is 11.8 Å². The van der Waals surface area contributed by atoms with Gasteiger partial charge in [-0.2, -0.15) is 11.8 Å². The van der Waals surface area contributed by atoms with E-state index in [-0.39, 0.29) is 0 Å². The third kappa shape index (κ3) is 3.64. The summed E-state index contributed by atoms with van der Waals surface area (Å²) in [6.07, 6.45) is 8.18. The molecule has 0 amide bonds. The first kappa shape index (κ1) is 14.2. The number of hydrogen-bond donors (Lipinski definition) is 2. The summed E-state index contributed by atoms with van der Waals surface area (Å²) in [5.74, 6) is 1.59. The van der Waals surface area contributed by atoms with Gasteiger partial charge in [0.1, 0.15) is 5.54 Å². The van der Waals surface area contributed by atoms with Crippen LogP contribution >= 0.6 is 11.8 Å². The van der Waals surface area contributed by atoms with Crippen molar-refractivity contribution in [1.29, 1.82) is 0 Å². The maximum Gasteiger partial charge on any atom is 0.325 e. The molecule has 2 aliphatic carbocycles. The van der Waals surface area contributed by atoms with Gasteiger partial charge in [0.15, 0.2) is 0 Å². The molecular weight excluding hydrogens is 246 g/mol. The summed E-state index contributed by atoms with van der Waals surface area (Å²) in [7, 11) is 0. The minimum atomic E-state index is -0.627. The fourth-order valence-corrected chi connectivity index (χ4v) is 3.75. The molecule has 0 aromatic carbocycles. The minimum Gasteiger partial charge on any atom is -0.480 e. The van der Waals surface area contributed by atoms with Crippen molar-refractivity contribution in [2.24, 2.45) is 5.92 Å². The van der Waals surface area contributed by atoms with Crippen LogP contribution in [0.2, 0.25) is 0 Å². The maximum absolute atomic E-state index is 11.7. The second kappa shape index (κ2) is 6.29. The molecule has 0 aromatic rings. The van der Waals surface area contributed by atoms with Crippen LogP contribution in [0.15, 0.2) is 0 Å². The topological polar surface area (TPSA) is 49.3 Å². The highest BCUT2D eigenvalue weighted by atomic mass is 32.2. The first-order valence-electron chi connectivity index (χ1n) is 7.28. The van der Waals surface area contributed by atoms with Gasteiger partial charge in [-0.25, -0.2) is 0 Å². The molecule has 1 atom stereocenters. The lowest BCUT2D eigenvalue weighted by Gasteiger charge is -2.30. The summed E-state index contributed by atoms with van der Waals surface area (Å²) in [5.41, 5.74) is -0.627. The third-order valence-electron chi connectivity index (χ3n) is 3.92. The number of hydrogen-bond acceptors (Lipinski definition) is 3. The Morgan fingerprint density at radius 2 is 2.06 bits per heavy atom. The van der Waals surface area contributed by atoms with Crippen LogP contribution in [-0.2, 0) is 4.79 Å². The van der Waals surface area contributed by atoms with Crippen LogP contribution in [0.1, 0.15) is 51.9 Å². The van der Waals surface area contributed by atoms with Gasteiger partial charge in [0.25, 0.3) is 0 Å². The average Bonchev–Trinajstić information content (AvgIpc) is 3.19. The Morgan fingerprint density at radius 1 is 1.33 bits per heavy atom. The van der Waals surface area contributed by atoms with Crippen molar-refractivity contribution in [2.45, 2.75) is 63.5 Å². The van der Waals surface area contributed by atoms with Crippen molar-refractivity contribution in [3.63, 3.8) is 0 Å². The zero-order valence-electron chi connectivity index (χ0n) is 11.3. The number of carboxylic acid groups (broad SMARTS) is 1. The van der Waals surface area contributed by atoms with Crippen LogP contribution in [0.5, 0.6) is 0 Å². The van der Waals surface area contributed by atoms with E-state index in [1.54, 1.807) is 0 Å². The van der Waals surface area contributed by atoms with Crippen molar-refractivity contribution in [2.75, 3.05) is 11.5 Å². The molecule has 0 heterocycles. The smallest absolute Gasteiger partial charge is 0.325 e. The van der Waals surface area contributed by atoms with Crippen molar-refractivity contribution in [3.05, 3.63) is 0 Å². The largest absolute Gasteiger partial charge is 0.480 e. The van der Waals surface area contributed by atoms with Crippen LogP contribution in [0.4, 0.5) is 0 Å². The Morgan fingerprint density at radius 3 is 2.56 bits per heavy atom. The highest BCUT2D eigenvalue weighted by Gasteiger charge is 2.52. The molecule has 104 valence electrons. The molecule has 2 saturated carbocycles. The number of carboxylic acids is 1. The number of aliphatic carboxylic acids is 1. The van der Waals surface area contributed by atoms with E-state index < -0.39 is 11.5 Å². The fraction of sp³-hybridized carbons (Fsp3) is 0.929. The van der Waals surface area contributed by atoms with Crippen molar-refractivity contribution in [3.8, 4) is 0 Å². The van der Waals surface area contributed by atoms with Crippen LogP contribution in [-0.4, -0.2) is 34.2 Å². The van der Waals surface area contributed by atoms with Gasteiger partial charge in [0.05, 0.1) is 0 Å². The Hall–Kier alpha value is -0.220. The molecule has 0 saturated heterocycles. The Balaban J connectivity index is 1.84. The summed E-state index contributed by atoms with van der Waals surface area (Å²) in [6, 6.07) is 0.470. The van der Waals surface area contributed by atoms with Gasteiger partial charge in [-0.3, -0.25) is 10.1 Å². The summed E-state index contributed by atoms with van der Waals surface area (Å²) in [6.45, 7) is 2.20. The molecule has 0 radical (unpaired) electrons. The fourth-order valence-electron chi connectivity index (χ4n) is 2.43. The molecule has 3 nitrogen and oxygen atoms in total. The summed E-state index contributed by atoms with van der Waals surface area (Å²) in [4.78, 5) is 11.7. The number of nitrogens with one attached hydrogen (secondary N) is 1. The lowest BCUT2D eigenvalue weighted by atomic mass is 9.95. The number of carbonyl (C=O) groups is 1. The van der Waals surface area contributed by atoms with Gasteiger partial charge in [-0.05, 0) is 43.8 Å². The summed E-state index contributed by atoms with van der Waals surface area (Å²) in [5, 5.41) is 13.1. The predicted molar refractivity (Wildman–Crippen MR) is 76.1 cm³/mol. The lowest BCUT2D eigenvalue weighted by molar-refractivity contribution is -0.145. The number of unbranched alkanes of at least 4 members (excludes halogenated alkanes) is 2. The van der Waals surface area contributed by atoms with Gasteiger partial charge in [-0.15, -0.1) is 0 Å². The van der Waals surface area contributed by atoms with Crippen LogP contribution < -0.4 is 5.32 Å². The minimum absolute atomic E-state index is 0.370. The van der Waals surface area contributed by atoms with Crippen molar-refractivity contribution >= 4 is 17.7 Å². The van der Waals surface area contributed by atoms with Gasteiger partial charge in [-0.1, -0.05) is 19.8 Å². The summed E-state index contributed by atoms with van der Waals surface area (Å²) < 4.78 is 0. The monoisotopic (exact) mass is 271 g/mol. The zero-order valence-corrected chi connectivity index (χ0v) is 12.1. The number of thioether (sulfide) groups is 1. The second-order valence-electron chi connectivity index (χ2n) is 5.73. The van der Waals surface area contributed by atoms with Gasteiger partial charge < -0.3 is 5.11 Å². The Bertz CT molecular complexity index is 290. The average molecular weight is 271 g/mol. The molecule has 0 bridgehead atoms. The first-order valence-corrected chi connectivity index (χ1v) is 8.43. The molecule has 2 N–H and O–H groups in total. The molecule has 0 spiro atoms. The molecule has 0 aliphatic heterocycles. The van der Waals surface area contributed by atoms with E-state index in [1.165, 1.54) is 19.3 Å². The molecule has 18 heavy (non-hydrogen) atoms. The molecule has 0 aromatic heterocycles. The second-order valence-corrected chi connectivity index (χ2v) is 6.83. The standard InChI is InChI=1S/C14H25NO2S/c1-2-3-4-9-18-10-14(13(16)17,11-5-6-11)15-12-7-8-12/h11-12,15H,2-10H2,1H3,(H,16,17). The van der Waals surface area contributed by atoms with Crippen LogP contribution in [0.3, 0.4) is 0 Å². The first-order chi connectivity index (χ1) is 8.69. The van der Waals surface area contributed by atoms with Crippen LogP contribution in [0, 0.1) is 5.92 Å². The predicted octanol–water partition coefficient (Wildman–Crippen LogP) is 2.90. The normalized spacial score (nSPS) is 22.7. The maximum atomic E-state index is 11.7.